The molecule has 174 valence electrons. The van der Waals surface area contributed by atoms with Crippen LogP contribution in [0.25, 0.3) is 10.8 Å². The number of benzene rings is 4. The van der Waals surface area contributed by atoms with Crippen molar-refractivity contribution in [1.29, 1.82) is 0 Å². The summed E-state index contributed by atoms with van der Waals surface area (Å²) in [6, 6.07) is 30.7. The Kier molecular flexibility index (Phi) is 5.93. The second-order valence-electron chi connectivity index (χ2n) is 8.93. The minimum Gasteiger partial charge on any atom is -0.502 e. The number of nitrogens with one attached hydrogen (secondary N) is 2. The number of aryl methyl sites for hydroxylation is 1. The number of fused-ring (bicyclic) bond motifs is 1. The first-order valence-electron chi connectivity index (χ1n) is 11.6. The van der Waals surface area contributed by atoms with E-state index in [0.29, 0.717) is 5.69 Å². The summed E-state index contributed by atoms with van der Waals surface area (Å²) in [5, 5.41) is 18.9. The van der Waals surface area contributed by atoms with E-state index in [2.05, 4.69) is 85.1 Å². The molecular formula is C30H26N2O3. The summed E-state index contributed by atoms with van der Waals surface area (Å²) in [5.74, 6) is -0.516. The molecule has 0 saturated heterocycles. The van der Waals surface area contributed by atoms with E-state index in [1.165, 1.54) is 21.9 Å². The molecular weight excluding hydrogens is 436 g/mol. The molecule has 0 bridgehead atoms. The smallest absolute Gasteiger partial charge is 0.271 e. The topological polar surface area (TPSA) is 78.4 Å². The normalized spacial score (nSPS) is 13.1. The Balaban J connectivity index is 1.51. The van der Waals surface area contributed by atoms with Crippen LogP contribution in [0.15, 0.2) is 101 Å². The van der Waals surface area contributed by atoms with Gasteiger partial charge in [-0.05, 0) is 53.4 Å². The maximum atomic E-state index is 11.8. The third kappa shape index (κ3) is 4.34. The number of aromatic hydroxyl groups is 1. The average molecular weight is 463 g/mol. The molecule has 2 unspecified atom stereocenters. The van der Waals surface area contributed by atoms with Crippen LogP contribution in [0.2, 0.25) is 0 Å². The highest BCUT2D eigenvalue weighted by Crippen LogP contribution is 2.31. The van der Waals surface area contributed by atoms with Gasteiger partial charge >= 0.3 is 0 Å². The zero-order valence-corrected chi connectivity index (χ0v) is 19.6. The molecule has 5 nitrogen and oxygen atoms in total. The highest BCUT2D eigenvalue weighted by molar-refractivity contribution is 5.86. The predicted octanol–water partition coefficient (Wildman–Crippen LogP) is 5.63. The van der Waals surface area contributed by atoms with Crippen molar-refractivity contribution >= 4 is 22.1 Å². The second-order valence-corrected chi connectivity index (χ2v) is 8.93. The van der Waals surface area contributed by atoms with Gasteiger partial charge in [0.05, 0.1) is 6.04 Å². The van der Waals surface area contributed by atoms with Crippen LogP contribution in [-0.4, -0.2) is 5.11 Å². The Labute approximate surface area is 203 Å². The minimum atomic E-state index is -0.855. The van der Waals surface area contributed by atoms with Crippen LogP contribution in [0.4, 0.5) is 11.4 Å². The van der Waals surface area contributed by atoms with Gasteiger partial charge in [-0.1, -0.05) is 84.4 Å². The van der Waals surface area contributed by atoms with E-state index in [9.17, 15) is 14.7 Å². The van der Waals surface area contributed by atoms with Crippen molar-refractivity contribution in [3.05, 3.63) is 134 Å². The van der Waals surface area contributed by atoms with Gasteiger partial charge in [-0.3, -0.25) is 14.9 Å². The Morgan fingerprint density at radius 3 is 2.26 bits per heavy atom. The molecule has 5 aromatic rings. The molecule has 0 spiro atoms. The van der Waals surface area contributed by atoms with Crippen molar-refractivity contribution in [2.24, 2.45) is 0 Å². The third-order valence-corrected chi connectivity index (χ3v) is 6.49. The van der Waals surface area contributed by atoms with Crippen molar-refractivity contribution in [2.45, 2.75) is 25.9 Å². The molecule has 0 aliphatic carbocycles. The lowest BCUT2D eigenvalue weighted by molar-refractivity contribution is 0.466. The average Bonchev–Trinajstić information content (AvgIpc) is 2.90. The molecule has 5 rings (SSSR count). The van der Waals surface area contributed by atoms with Crippen molar-refractivity contribution in [3.8, 4) is 5.75 Å². The molecule has 35 heavy (non-hydrogen) atoms. The van der Waals surface area contributed by atoms with Crippen LogP contribution >= 0.6 is 0 Å². The first kappa shape index (κ1) is 22.6. The molecule has 0 aromatic heterocycles. The van der Waals surface area contributed by atoms with E-state index in [-0.39, 0.29) is 17.8 Å². The van der Waals surface area contributed by atoms with Crippen LogP contribution < -0.4 is 21.5 Å². The second kappa shape index (κ2) is 9.20. The lowest BCUT2D eigenvalue weighted by atomic mass is 9.94. The molecule has 5 aromatic carbocycles. The van der Waals surface area contributed by atoms with Crippen molar-refractivity contribution in [2.75, 3.05) is 5.32 Å². The summed E-state index contributed by atoms with van der Waals surface area (Å²) >= 11 is 0. The SMILES string of the molecule is Cc1ccc(C(NC(C)c2cccc3ccccc23)c2cccc(Nc3c(O)c(=O)c3=O)c2)cc1. The summed E-state index contributed by atoms with van der Waals surface area (Å²) in [4.78, 5) is 23.2. The fourth-order valence-corrected chi connectivity index (χ4v) is 4.55. The lowest BCUT2D eigenvalue weighted by Crippen LogP contribution is -2.32. The fourth-order valence-electron chi connectivity index (χ4n) is 4.55. The number of hydrogen-bond donors (Lipinski definition) is 3. The van der Waals surface area contributed by atoms with E-state index in [1.807, 2.05) is 24.3 Å². The van der Waals surface area contributed by atoms with Gasteiger partial charge in [0.25, 0.3) is 10.9 Å². The van der Waals surface area contributed by atoms with Gasteiger partial charge in [-0.25, -0.2) is 0 Å². The molecule has 5 heteroatoms. The zero-order valence-electron chi connectivity index (χ0n) is 19.6. The van der Waals surface area contributed by atoms with Gasteiger partial charge < -0.3 is 10.4 Å². The van der Waals surface area contributed by atoms with Crippen LogP contribution in [-0.2, 0) is 0 Å². The van der Waals surface area contributed by atoms with Gasteiger partial charge in [0, 0.05) is 11.7 Å². The van der Waals surface area contributed by atoms with Crippen molar-refractivity contribution < 1.29 is 5.11 Å². The van der Waals surface area contributed by atoms with Gasteiger partial charge in [0.1, 0.15) is 5.69 Å². The molecule has 0 saturated carbocycles. The Bertz CT molecular complexity index is 1580. The summed E-state index contributed by atoms with van der Waals surface area (Å²) in [6.07, 6.45) is 0. The monoisotopic (exact) mass is 462 g/mol. The number of hydrogen-bond acceptors (Lipinski definition) is 5. The molecule has 0 aliphatic heterocycles. The van der Waals surface area contributed by atoms with Crippen LogP contribution in [0.1, 0.15) is 41.3 Å². The molecule has 0 fully saturated rings. The van der Waals surface area contributed by atoms with Crippen molar-refractivity contribution in [1.82, 2.24) is 5.32 Å². The quantitative estimate of drug-likeness (QED) is 0.273. The van der Waals surface area contributed by atoms with Gasteiger partial charge in [-0.2, -0.15) is 0 Å². The van der Waals surface area contributed by atoms with Crippen LogP contribution in [0.3, 0.4) is 0 Å². The summed E-state index contributed by atoms with van der Waals surface area (Å²) in [5.41, 5.74) is 3.50. The van der Waals surface area contributed by atoms with E-state index in [4.69, 9.17) is 0 Å². The van der Waals surface area contributed by atoms with E-state index in [1.54, 1.807) is 6.07 Å². The molecule has 2 atom stereocenters. The zero-order chi connectivity index (χ0) is 24.5. The number of anilines is 2. The van der Waals surface area contributed by atoms with E-state index < -0.39 is 16.6 Å². The molecule has 3 N–H and O–H groups in total. The summed E-state index contributed by atoms with van der Waals surface area (Å²) < 4.78 is 0. The highest BCUT2D eigenvalue weighted by Gasteiger charge is 2.22. The Morgan fingerprint density at radius 1 is 0.771 bits per heavy atom. The summed E-state index contributed by atoms with van der Waals surface area (Å²) in [6.45, 7) is 4.22. The molecule has 0 heterocycles. The predicted molar refractivity (Wildman–Crippen MR) is 141 cm³/mol. The van der Waals surface area contributed by atoms with E-state index >= 15 is 0 Å². The van der Waals surface area contributed by atoms with Gasteiger partial charge in [0.2, 0.25) is 0 Å². The fraction of sp³-hybridized carbons (Fsp3) is 0.133. The van der Waals surface area contributed by atoms with Gasteiger partial charge in [0.15, 0.2) is 5.75 Å². The van der Waals surface area contributed by atoms with Crippen LogP contribution in [0.5, 0.6) is 5.75 Å². The number of rotatable bonds is 7. The Hall–Kier alpha value is -4.22. The molecule has 0 amide bonds. The first-order valence-corrected chi connectivity index (χ1v) is 11.6. The first-order chi connectivity index (χ1) is 16.9. The standard InChI is InChI=1S/C30H26N2O3/c1-18-13-15-21(16-14-18)26(31-19(2)24-12-6-8-20-7-3-4-11-25(20)24)22-9-5-10-23(17-22)32-27-28(33)30(35)29(27)34/h3-17,19,26,31-33H,1-2H3. The maximum Gasteiger partial charge on any atom is 0.271 e. The lowest BCUT2D eigenvalue weighted by Gasteiger charge is -2.26. The summed E-state index contributed by atoms with van der Waals surface area (Å²) in [7, 11) is 0. The highest BCUT2D eigenvalue weighted by atomic mass is 16.3. The molecule has 0 radical (unpaired) electrons. The molecule has 0 aliphatic rings. The van der Waals surface area contributed by atoms with E-state index in [0.717, 1.165) is 11.1 Å². The Morgan fingerprint density at radius 2 is 1.49 bits per heavy atom. The van der Waals surface area contributed by atoms with Gasteiger partial charge in [-0.15, -0.1) is 0 Å². The van der Waals surface area contributed by atoms with Crippen molar-refractivity contribution in [3.63, 3.8) is 0 Å². The largest absolute Gasteiger partial charge is 0.502 e. The third-order valence-electron chi connectivity index (χ3n) is 6.49. The minimum absolute atomic E-state index is 0.0432. The maximum absolute atomic E-state index is 11.8. The van der Waals surface area contributed by atoms with Crippen LogP contribution in [0, 0.1) is 6.92 Å².